The summed E-state index contributed by atoms with van der Waals surface area (Å²) < 4.78 is 10.9. The van der Waals surface area contributed by atoms with Crippen LogP contribution in [0.15, 0.2) is 0 Å². The lowest BCUT2D eigenvalue weighted by molar-refractivity contribution is -0.0881. The van der Waals surface area contributed by atoms with Gasteiger partial charge in [0.15, 0.2) is 6.29 Å². The van der Waals surface area contributed by atoms with Crippen LogP contribution in [0.2, 0.25) is 0 Å². The molecule has 0 unspecified atom stereocenters. The molecule has 0 aromatic rings. The Kier molecular flexibility index (Phi) is 2.41. The summed E-state index contributed by atoms with van der Waals surface area (Å²) in [5.41, 5.74) is 0. The van der Waals surface area contributed by atoms with E-state index in [1.165, 1.54) is 12.8 Å². The Labute approximate surface area is 67.1 Å². The molecule has 0 radical (unpaired) electrons. The molecular weight excluding hydrogens is 142 g/mol. The first-order valence-electron chi connectivity index (χ1n) is 4.41. The highest BCUT2D eigenvalue weighted by molar-refractivity contribution is 4.73. The van der Waals surface area contributed by atoms with Crippen molar-refractivity contribution in [3.63, 3.8) is 0 Å². The number of nitrogens with one attached hydrogen (secondary N) is 1. The average molecular weight is 157 g/mol. The number of piperidine rings is 1. The van der Waals surface area contributed by atoms with E-state index in [2.05, 4.69) is 5.32 Å². The van der Waals surface area contributed by atoms with Gasteiger partial charge in [0.25, 0.3) is 0 Å². The normalized spacial score (nSPS) is 34.4. The van der Waals surface area contributed by atoms with Crippen molar-refractivity contribution in [2.75, 3.05) is 26.3 Å². The first kappa shape index (κ1) is 7.53. The highest BCUT2D eigenvalue weighted by atomic mass is 16.7. The molecule has 2 fully saturated rings. The van der Waals surface area contributed by atoms with Gasteiger partial charge in [0, 0.05) is 12.5 Å². The lowest BCUT2D eigenvalue weighted by Crippen LogP contribution is -2.37. The zero-order valence-electron chi connectivity index (χ0n) is 6.71. The summed E-state index contributed by atoms with van der Waals surface area (Å²) in [6.45, 7) is 3.77. The van der Waals surface area contributed by atoms with Crippen molar-refractivity contribution in [1.29, 1.82) is 0 Å². The maximum Gasteiger partial charge on any atom is 0.161 e. The topological polar surface area (TPSA) is 30.5 Å². The van der Waals surface area contributed by atoms with Crippen LogP contribution in [0.1, 0.15) is 12.8 Å². The molecule has 64 valence electrons. The third-order valence-corrected chi connectivity index (χ3v) is 2.37. The van der Waals surface area contributed by atoms with E-state index in [-0.39, 0.29) is 6.29 Å². The fraction of sp³-hybridized carbons (Fsp3) is 1.00. The monoisotopic (exact) mass is 157 g/mol. The van der Waals surface area contributed by atoms with Crippen LogP contribution in [-0.2, 0) is 9.47 Å². The van der Waals surface area contributed by atoms with Gasteiger partial charge in [0.2, 0.25) is 0 Å². The van der Waals surface area contributed by atoms with Crippen LogP contribution in [-0.4, -0.2) is 32.6 Å². The van der Waals surface area contributed by atoms with Crippen molar-refractivity contribution < 1.29 is 9.47 Å². The summed E-state index contributed by atoms with van der Waals surface area (Å²) in [6, 6.07) is 0. The Morgan fingerprint density at radius 2 is 2.00 bits per heavy atom. The SMILES string of the molecule is C1CNC[C@H](C2OCCO2)C1. The molecule has 3 nitrogen and oxygen atoms in total. The lowest BCUT2D eigenvalue weighted by Gasteiger charge is -2.26. The number of ether oxygens (including phenoxy) is 2. The number of rotatable bonds is 1. The zero-order valence-corrected chi connectivity index (χ0v) is 6.71. The standard InChI is InChI=1S/C8H15NO2/c1-2-7(6-9-3-1)8-10-4-5-11-8/h7-9H,1-6H2/t7-/m1/s1. The molecule has 0 bridgehead atoms. The van der Waals surface area contributed by atoms with Crippen molar-refractivity contribution in [2.45, 2.75) is 19.1 Å². The molecule has 2 saturated heterocycles. The Balaban J connectivity index is 1.82. The van der Waals surface area contributed by atoms with Gasteiger partial charge in [-0.15, -0.1) is 0 Å². The van der Waals surface area contributed by atoms with Crippen LogP contribution >= 0.6 is 0 Å². The van der Waals surface area contributed by atoms with Crippen LogP contribution in [0.4, 0.5) is 0 Å². The van der Waals surface area contributed by atoms with E-state index in [1.807, 2.05) is 0 Å². The minimum Gasteiger partial charge on any atom is -0.350 e. The lowest BCUT2D eigenvalue weighted by atomic mass is 9.99. The molecule has 0 saturated carbocycles. The highest BCUT2D eigenvalue weighted by Gasteiger charge is 2.27. The smallest absolute Gasteiger partial charge is 0.161 e. The first-order valence-corrected chi connectivity index (χ1v) is 4.41. The summed E-state index contributed by atoms with van der Waals surface area (Å²) in [5, 5.41) is 3.35. The van der Waals surface area contributed by atoms with E-state index < -0.39 is 0 Å². The van der Waals surface area contributed by atoms with Crippen molar-refractivity contribution in [1.82, 2.24) is 5.32 Å². The van der Waals surface area contributed by atoms with E-state index in [0.29, 0.717) is 5.92 Å². The summed E-state index contributed by atoms with van der Waals surface area (Å²) in [6.07, 6.45) is 2.59. The van der Waals surface area contributed by atoms with Crippen molar-refractivity contribution >= 4 is 0 Å². The summed E-state index contributed by atoms with van der Waals surface area (Å²) in [4.78, 5) is 0. The predicted molar refractivity (Wildman–Crippen MR) is 41.3 cm³/mol. The molecule has 0 aliphatic carbocycles. The highest BCUT2D eigenvalue weighted by Crippen LogP contribution is 2.20. The fourth-order valence-corrected chi connectivity index (χ4v) is 1.76. The van der Waals surface area contributed by atoms with Gasteiger partial charge in [0.1, 0.15) is 0 Å². The molecular formula is C8H15NO2. The number of hydrogen-bond donors (Lipinski definition) is 1. The minimum absolute atomic E-state index is 0.0859. The number of hydrogen-bond acceptors (Lipinski definition) is 3. The van der Waals surface area contributed by atoms with Gasteiger partial charge < -0.3 is 14.8 Å². The zero-order chi connectivity index (χ0) is 7.52. The second-order valence-corrected chi connectivity index (χ2v) is 3.22. The van der Waals surface area contributed by atoms with Crippen LogP contribution in [0.5, 0.6) is 0 Å². The minimum atomic E-state index is 0.0859. The quantitative estimate of drug-likeness (QED) is 0.596. The van der Waals surface area contributed by atoms with Crippen molar-refractivity contribution in [3.8, 4) is 0 Å². The summed E-state index contributed by atoms with van der Waals surface area (Å²) in [5.74, 6) is 0.589. The van der Waals surface area contributed by atoms with Gasteiger partial charge >= 0.3 is 0 Å². The molecule has 1 atom stereocenters. The molecule has 3 heteroatoms. The van der Waals surface area contributed by atoms with E-state index in [1.54, 1.807) is 0 Å². The average Bonchev–Trinajstić information content (AvgIpc) is 2.58. The van der Waals surface area contributed by atoms with Gasteiger partial charge in [-0.05, 0) is 19.4 Å². The van der Waals surface area contributed by atoms with Gasteiger partial charge in [0.05, 0.1) is 13.2 Å². The Morgan fingerprint density at radius 3 is 2.64 bits per heavy atom. The first-order chi connectivity index (χ1) is 5.47. The predicted octanol–water partition coefficient (Wildman–Crippen LogP) is 0.359. The molecule has 0 spiro atoms. The van der Waals surface area contributed by atoms with Gasteiger partial charge in [-0.2, -0.15) is 0 Å². The van der Waals surface area contributed by atoms with Crippen LogP contribution < -0.4 is 5.32 Å². The summed E-state index contributed by atoms with van der Waals surface area (Å²) >= 11 is 0. The molecule has 0 aromatic heterocycles. The van der Waals surface area contributed by atoms with E-state index in [0.717, 1.165) is 26.3 Å². The Hall–Kier alpha value is -0.120. The molecule has 2 rings (SSSR count). The molecule has 0 aromatic carbocycles. The molecule has 2 heterocycles. The van der Waals surface area contributed by atoms with Gasteiger partial charge in [-0.3, -0.25) is 0 Å². The van der Waals surface area contributed by atoms with E-state index >= 15 is 0 Å². The van der Waals surface area contributed by atoms with Crippen LogP contribution in [0.3, 0.4) is 0 Å². The van der Waals surface area contributed by atoms with Crippen molar-refractivity contribution in [2.24, 2.45) is 5.92 Å². The fourth-order valence-electron chi connectivity index (χ4n) is 1.76. The second-order valence-electron chi connectivity index (χ2n) is 3.22. The van der Waals surface area contributed by atoms with Crippen molar-refractivity contribution in [3.05, 3.63) is 0 Å². The van der Waals surface area contributed by atoms with Crippen LogP contribution in [0, 0.1) is 5.92 Å². The van der Waals surface area contributed by atoms with Crippen LogP contribution in [0.25, 0.3) is 0 Å². The van der Waals surface area contributed by atoms with Gasteiger partial charge in [-0.25, -0.2) is 0 Å². The summed E-state index contributed by atoms with van der Waals surface area (Å²) in [7, 11) is 0. The Bertz CT molecular complexity index is 117. The molecule has 2 aliphatic rings. The molecule has 2 aliphatic heterocycles. The third kappa shape index (κ3) is 1.72. The third-order valence-electron chi connectivity index (χ3n) is 2.37. The van der Waals surface area contributed by atoms with E-state index in [4.69, 9.17) is 9.47 Å². The second kappa shape index (κ2) is 3.52. The molecule has 1 N–H and O–H groups in total. The largest absolute Gasteiger partial charge is 0.350 e. The van der Waals surface area contributed by atoms with E-state index in [9.17, 15) is 0 Å². The van der Waals surface area contributed by atoms with Gasteiger partial charge in [-0.1, -0.05) is 0 Å². The Morgan fingerprint density at radius 1 is 1.18 bits per heavy atom. The molecule has 0 amide bonds. The molecule has 11 heavy (non-hydrogen) atoms. The maximum atomic E-state index is 5.43. The maximum absolute atomic E-state index is 5.43.